The highest BCUT2D eigenvalue weighted by molar-refractivity contribution is 5.85. The molecule has 4 fully saturated rings. The van der Waals surface area contributed by atoms with Crippen LogP contribution in [0.1, 0.15) is 92.4 Å². The first kappa shape index (κ1) is 19.0. The average Bonchev–Trinajstić information content (AvgIpc) is 2.92. The number of aliphatic imine (C=N–C) groups is 1. The van der Waals surface area contributed by atoms with E-state index in [4.69, 9.17) is 4.99 Å². The van der Waals surface area contributed by atoms with Gasteiger partial charge in [-0.3, -0.25) is 4.99 Å². The molecule has 26 heavy (non-hydrogen) atoms. The summed E-state index contributed by atoms with van der Waals surface area (Å²) < 4.78 is 0. The summed E-state index contributed by atoms with van der Waals surface area (Å²) >= 11 is 0. The summed E-state index contributed by atoms with van der Waals surface area (Å²) in [6, 6.07) is 0.428. The molecule has 4 aliphatic rings. The molecule has 8 atom stereocenters. The molecule has 0 aromatic heterocycles. The molecule has 0 bridgehead atoms. The number of fused-ring (bicyclic) bond motifs is 5. The van der Waals surface area contributed by atoms with Crippen molar-refractivity contribution in [1.29, 1.82) is 0 Å². The number of aliphatic hydroxyl groups excluding tert-OH is 1. The largest absolute Gasteiger partial charge is 0.393 e. The maximum atomic E-state index is 10.2. The lowest BCUT2D eigenvalue weighted by molar-refractivity contribution is -0.123. The summed E-state index contributed by atoms with van der Waals surface area (Å²) in [7, 11) is 0. The van der Waals surface area contributed by atoms with Crippen LogP contribution in [0.15, 0.2) is 4.99 Å². The highest BCUT2D eigenvalue weighted by atomic mass is 16.3. The molecule has 0 amide bonds. The van der Waals surface area contributed by atoms with Gasteiger partial charge in [0.1, 0.15) is 0 Å². The molecule has 0 saturated heterocycles. The molecule has 0 aromatic carbocycles. The second kappa shape index (κ2) is 6.61. The maximum absolute atomic E-state index is 10.2. The zero-order chi connectivity index (χ0) is 18.7. The van der Waals surface area contributed by atoms with Crippen LogP contribution in [-0.4, -0.2) is 23.0 Å². The Morgan fingerprint density at radius 2 is 1.62 bits per heavy atom. The van der Waals surface area contributed by atoms with Gasteiger partial charge < -0.3 is 5.11 Å². The molecule has 0 aliphatic heterocycles. The minimum Gasteiger partial charge on any atom is -0.393 e. The maximum Gasteiger partial charge on any atom is 0.0543 e. The molecule has 0 unspecified atom stereocenters. The Kier molecular flexibility index (Phi) is 4.82. The van der Waals surface area contributed by atoms with Crippen molar-refractivity contribution in [1.82, 2.24) is 0 Å². The Balaban J connectivity index is 1.58. The van der Waals surface area contributed by atoms with E-state index in [1.807, 2.05) is 0 Å². The lowest BCUT2D eigenvalue weighted by Crippen LogP contribution is -2.54. The minimum absolute atomic E-state index is 0.0239. The number of hydrogen-bond donors (Lipinski definition) is 1. The van der Waals surface area contributed by atoms with Gasteiger partial charge in [-0.25, -0.2) is 0 Å². The van der Waals surface area contributed by atoms with E-state index < -0.39 is 0 Å². The van der Waals surface area contributed by atoms with Crippen molar-refractivity contribution in [2.75, 3.05) is 0 Å². The quantitative estimate of drug-likeness (QED) is 0.614. The second-order valence-corrected chi connectivity index (χ2v) is 11.1. The third kappa shape index (κ3) is 2.81. The molecule has 0 radical (unpaired) electrons. The van der Waals surface area contributed by atoms with Gasteiger partial charge >= 0.3 is 0 Å². The Labute approximate surface area is 161 Å². The number of aliphatic hydroxyl groups is 1. The van der Waals surface area contributed by atoms with Gasteiger partial charge in [0.2, 0.25) is 0 Å². The molecule has 0 heterocycles. The molecule has 148 valence electrons. The van der Waals surface area contributed by atoms with Gasteiger partial charge in [0.25, 0.3) is 0 Å². The van der Waals surface area contributed by atoms with Crippen molar-refractivity contribution < 1.29 is 5.11 Å². The highest BCUT2D eigenvalue weighted by Crippen LogP contribution is 2.67. The topological polar surface area (TPSA) is 32.6 Å². The molecular formula is C24H41NO. The summed E-state index contributed by atoms with van der Waals surface area (Å²) in [5, 5.41) is 10.2. The van der Waals surface area contributed by atoms with Gasteiger partial charge in [0.15, 0.2) is 0 Å². The average molecular weight is 360 g/mol. The van der Waals surface area contributed by atoms with Gasteiger partial charge in [-0.1, -0.05) is 13.8 Å². The second-order valence-electron chi connectivity index (χ2n) is 11.1. The fraction of sp³-hybridized carbons (Fsp3) is 0.958. The number of hydrogen-bond acceptors (Lipinski definition) is 2. The van der Waals surface area contributed by atoms with Gasteiger partial charge in [-0.2, -0.15) is 0 Å². The van der Waals surface area contributed by atoms with Crippen LogP contribution in [0.3, 0.4) is 0 Å². The summed E-state index contributed by atoms with van der Waals surface area (Å²) in [5.74, 6) is 4.25. The summed E-state index contributed by atoms with van der Waals surface area (Å²) in [4.78, 5) is 4.98. The van der Waals surface area contributed by atoms with Gasteiger partial charge in [-0.15, -0.1) is 0 Å². The van der Waals surface area contributed by atoms with E-state index in [0.29, 0.717) is 16.9 Å². The van der Waals surface area contributed by atoms with Crippen LogP contribution >= 0.6 is 0 Å². The van der Waals surface area contributed by atoms with Crippen LogP contribution in [0, 0.1) is 40.4 Å². The molecular weight excluding hydrogens is 318 g/mol. The Morgan fingerprint density at radius 1 is 0.923 bits per heavy atom. The minimum atomic E-state index is -0.0239. The zero-order valence-electron chi connectivity index (χ0n) is 17.8. The Morgan fingerprint density at radius 3 is 2.35 bits per heavy atom. The molecule has 1 N–H and O–H groups in total. The summed E-state index contributed by atoms with van der Waals surface area (Å²) in [6.07, 6.45) is 11.8. The van der Waals surface area contributed by atoms with E-state index in [0.717, 1.165) is 42.4 Å². The predicted molar refractivity (Wildman–Crippen MR) is 109 cm³/mol. The van der Waals surface area contributed by atoms with E-state index in [2.05, 4.69) is 34.6 Å². The van der Waals surface area contributed by atoms with Gasteiger partial charge in [0, 0.05) is 17.7 Å². The Hall–Kier alpha value is -0.370. The van der Waals surface area contributed by atoms with Gasteiger partial charge in [0.05, 0.1) is 6.10 Å². The summed E-state index contributed by atoms with van der Waals surface area (Å²) in [5.41, 5.74) is 2.42. The molecule has 2 nitrogen and oxygen atoms in total. The molecule has 4 saturated carbocycles. The smallest absolute Gasteiger partial charge is 0.0543 e. The lowest BCUT2D eigenvalue weighted by atomic mass is 9.44. The van der Waals surface area contributed by atoms with E-state index in [-0.39, 0.29) is 6.10 Å². The molecule has 0 aromatic rings. The third-order valence-electron chi connectivity index (χ3n) is 9.60. The van der Waals surface area contributed by atoms with E-state index >= 15 is 0 Å². The van der Waals surface area contributed by atoms with Crippen LogP contribution in [0.25, 0.3) is 0 Å². The van der Waals surface area contributed by atoms with Crippen LogP contribution in [-0.2, 0) is 0 Å². The fourth-order valence-electron chi connectivity index (χ4n) is 8.42. The van der Waals surface area contributed by atoms with Crippen molar-refractivity contribution in [3.05, 3.63) is 0 Å². The molecule has 4 aliphatic carbocycles. The van der Waals surface area contributed by atoms with E-state index in [9.17, 15) is 5.11 Å². The number of nitrogens with zero attached hydrogens (tertiary/aromatic N) is 1. The van der Waals surface area contributed by atoms with Gasteiger partial charge in [-0.05, 0) is 113 Å². The first-order chi connectivity index (χ1) is 12.3. The van der Waals surface area contributed by atoms with Crippen LogP contribution in [0.4, 0.5) is 0 Å². The monoisotopic (exact) mass is 359 g/mol. The van der Waals surface area contributed by atoms with Crippen LogP contribution in [0.5, 0.6) is 0 Å². The molecule has 4 rings (SSSR count). The fourth-order valence-corrected chi connectivity index (χ4v) is 8.42. The first-order valence-corrected chi connectivity index (χ1v) is 11.5. The zero-order valence-corrected chi connectivity index (χ0v) is 17.8. The van der Waals surface area contributed by atoms with Crippen LogP contribution < -0.4 is 0 Å². The van der Waals surface area contributed by atoms with Crippen molar-refractivity contribution in [2.45, 2.75) is 105 Å². The molecule has 0 spiro atoms. The van der Waals surface area contributed by atoms with Crippen molar-refractivity contribution in [2.24, 2.45) is 45.4 Å². The first-order valence-electron chi connectivity index (χ1n) is 11.5. The van der Waals surface area contributed by atoms with Crippen molar-refractivity contribution in [3.63, 3.8) is 0 Å². The van der Waals surface area contributed by atoms with E-state index in [1.54, 1.807) is 0 Å². The molecule has 2 heteroatoms. The van der Waals surface area contributed by atoms with Crippen molar-refractivity contribution in [3.8, 4) is 0 Å². The predicted octanol–water partition coefficient (Wildman–Crippen LogP) is 5.88. The SMILES string of the molecule is CC(=NC(C)C)[C@H]1CC[C@H]2[C@@H]3CC[C@@H]4C[C@H](O)CC[C@]4(C)[C@H]3CC[C@]12C. The lowest BCUT2D eigenvalue weighted by Gasteiger charge is -2.61. The number of rotatable bonds is 2. The highest BCUT2D eigenvalue weighted by Gasteiger charge is 2.60. The summed E-state index contributed by atoms with van der Waals surface area (Å²) in [6.45, 7) is 12.0. The van der Waals surface area contributed by atoms with Crippen molar-refractivity contribution >= 4 is 5.71 Å². The van der Waals surface area contributed by atoms with E-state index in [1.165, 1.54) is 50.7 Å². The Bertz CT molecular complexity index is 569. The van der Waals surface area contributed by atoms with Crippen LogP contribution in [0.2, 0.25) is 0 Å². The normalized spacial score (nSPS) is 51.7. The standard InChI is InChI=1S/C24H41NO/c1-15(2)25-16(3)20-8-9-21-19-7-6-17-14-18(26)10-12-23(17,4)22(19)11-13-24(20,21)5/h15,17-22,26H,6-14H2,1-5H3/t17-,18-,19+,20-,21+,22+,23+,24-/m1/s1. The third-order valence-corrected chi connectivity index (χ3v) is 9.60.